The van der Waals surface area contributed by atoms with Gasteiger partial charge in [-0.1, -0.05) is 66.7 Å². The number of nitrogens with zero attached hydrogens (tertiary/aromatic N) is 3. The van der Waals surface area contributed by atoms with Crippen molar-refractivity contribution in [2.75, 3.05) is 5.01 Å². The molecule has 5 nitrogen and oxygen atoms in total. The third kappa shape index (κ3) is 3.31. The van der Waals surface area contributed by atoms with Crippen molar-refractivity contribution in [2.24, 2.45) is 5.10 Å². The summed E-state index contributed by atoms with van der Waals surface area (Å²) in [6, 6.07) is 31.5. The normalized spacial score (nSPS) is 15.9. The Morgan fingerprint density at radius 3 is 2.27 bits per heavy atom. The van der Waals surface area contributed by atoms with E-state index < -0.39 is 0 Å². The number of hydrazone groups is 1. The third-order valence-electron chi connectivity index (χ3n) is 5.50. The summed E-state index contributed by atoms with van der Waals surface area (Å²) >= 11 is 0. The lowest BCUT2D eigenvalue weighted by Crippen LogP contribution is -2.18. The van der Waals surface area contributed by atoms with Crippen LogP contribution in [0.25, 0.3) is 10.8 Å². The van der Waals surface area contributed by atoms with Crippen LogP contribution in [0.3, 0.4) is 0 Å². The number of anilines is 1. The molecule has 1 aliphatic heterocycles. The smallest absolute Gasteiger partial charge is 0.258 e. The molecule has 0 amide bonds. The Morgan fingerprint density at radius 2 is 1.53 bits per heavy atom. The zero-order chi connectivity index (χ0) is 20.5. The van der Waals surface area contributed by atoms with Crippen LogP contribution in [0.4, 0.5) is 11.4 Å². The summed E-state index contributed by atoms with van der Waals surface area (Å²) in [5.41, 5.74) is 4.20. The van der Waals surface area contributed by atoms with E-state index in [0.717, 1.165) is 28.9 Å². The molecule has 1 atom stereocenters. The highest BCUT2D eigenvalue weighted by molar-refractivity contribution is 6.05. The highest BCUT2D eigenvalue weighted by atomic mass is 16.6. The number of non-ortho nitro benzene ring substituents is 1. The van der Waals surface area contributed by atoms with Gasteiger partial charge in [0.15, 0.2) is 0 Å². The van der Waals surface area contributed by atoms with Crippen LogP contribution in [-0.2, 0) is 0 Å². The van der Waals surface area contributed by atoms with E-state index in [0.29, 0.717) is 0 Å². The Kier molecular flexibility index (Phi) is 4.48. The maximum Gasteiger partial charge on any atom is 0.269 e. The highest BCUT2D eigenvalue weighted by Gasteiger charge is 2.30. The van der Waals surface area contributed by atoms with Crippen molar-refractivity contribution in [3.05, 3.63) is 118 Å². The summed E-state index contributed by atoms with van der Waals surface area (Å²) in [6.07, 6.45) is 0.727. The molecule has 4 aromatic carbocycles. The Hall–Kier alpha value is -3.99. The zero-order valence-electron chi connectivity index (χ0n) is 16.2. The van der Waals surface area contributed by atoms with Gasteiger partial charge >= 0.3 is 0 Å². The summed E-state index contributed by atoms with van der Waals surface area (Å²) in [5, 5.41) is 20.4. The van der Waals surface area contributed by atoms with Crippen LogP contribution in [0.5, 0.6) is 0 Å². The van der Waals surface area contributed by atoms with Crippen LogP contribution in [0.1, 0.15) is 23.6 Å². The minimum Gasteiger partial charge on any atom is -0.258 e. The number of nitro groups is 1. The van der Waals surface area contributed by atoms with Crippen LogP contribution < -0.4 is 5.01 Å². The Bertz CT molecular complexity index is 1250. The van der Waals surface area contributed by atoms with Crippen molar-refractivity contribution in [2.45, 2.75) is 12.5 Å². The maximum atomic E-state index is 11.0. The lowest BCUT2D eigenvalue weighted by molar-refractivity contribution is -0.384. The van der Waals surface area contributed by atoms with Gasteiger partial charge in [-0.3, -0.25) is 15.1 Å². The van der Waals surface area contributed by atoms with Crippen LogP contribution in [0.2, 0.25) is 0 Å². The average Bonchev–Trinajstić information content (AvgIpc) is 3.25. The topological polar surface area (TPSA) is 58.7 Å². The van der Waals surface area contributed by atoms with Gasteiger partial charge in [-0.15, -0.1) is 0 Å². The van der Waals surface area contributed by atoms with Crippen molar-refractivity contribution in [1.82, 2.24) is 0 Å². The molecular weight excluding hydrogens is 374 g/mol. The van der Waals surface area contributed by atoms with Crippen molar-refractivity contribution < 1.29 is 4.92 Å². The molecule has 1 unspecified atom stereocenters. The molecule has 30 heavy (non-hydrogen) atoms. The van der Waals surface area contributed by atoms with Crippen LogP contribution in [0.15, 0.2) is 102 Å². The van der Waals surface area contributed by atoms with E-state index in [-0.39, 0.29) is 16.7 Å². The number of hydrogen-bond acceptors (Lipinski definition) is 4. The lowest BCUT2D eigenvalue weighted by atomic mass is 9.96. The quantitative estimate of drug-likeness (QED) is 0.311. The first kappa shape index (κ1) is 18.1. The first-order chi connectivity index (χ1) is 14.7. The number of para-hydroxylation sites is 1. The average molecular weight is 393 g/mol. The molecular formula is C25H19N3O2. The summed E-state index contributed by atoms with van der Waals surface area (Å²) in [5.74, 6) is 0. The SMILES string of the molecule is O=[N+]([O-])c1ccc(C2CC(c3ccc4ccccc4c3)=NN2c2ccccc2)cc1. The fourth-order valence-electron chi connectivity index (χ4n) is 3.95. The molecule has 0 N–H and O–H groups in total. The van der Waals surface area contributed by atoms with E-state index in [4.69, 9.17) is 5.10 Å². The Morgan fingerprint density at radius 1 is 0.833 bits per heavy atom. The van der Waals surface area contributed by atoms with Gasteiger partial charge in [-0.05, 0) is 40.1 Å². The largest absolute Gasteiger partial charge is 0.269 e. The molecule has 5 heteroatoms. The van der Waals surface area contributed by atoms with Gasteiger partial charge in [0.05, 0.1) is 22.4 Å². The van der Waals surface area contributed by atoms with Crippen molar-refractivity contribution in [3.8, 4) is 0 Å². The fourth-order valence-corrected chi connectivity index (χ4v) is 3.95. The predicted octanol–water partition coefficient (Wildman–Crippen LogP) is 6.10. The molecule has 0 aromatic heterocycles. The van der Waals surface area contributed by atoms with Crippen molar-refractivity contribution >= 4 is 27.9 Å². The molecule has 0 radical (unpaired) electrons. The molecule has 146 valence electrons. The summed E-state index contributed by atoms with van der Waals surface area (Å²) in [6.45, 7) is 0. The Labute approximate surface area is 174 Å². The van der Waals surface area contributed by atoms with E-state index in [2.05, 4.69) is 30.3 Å². The third-order valence-corrected chi connectivity index (χ3v) is 5.50. The molecule has 1 aliphatic rings. The second kappa shape index (κ2) is 7.44. The van der Waals surface area contributed by atoms with E-state index in [1.807, 2.05) is 59.6 Å². The van der Waals surface area contributed by atoms with Gasteiger partial charge in [0.2, 0.25) is 0 Å². The van der Waals surface area contributed by atoms with E-state index in [9.17, 15) is 10.1 Å². The van der Waals surface area contributed by atoms with Crippen molar-refractivity contribution in [3.63, 3.8) is 0 Å². The van der Waals surface area contributed by atoms with Crippen LogP contribution >= 0.6 is 0 Å². The summed E-state index contributed by atoms with van der Waals surface area (Å²) in [4.78, 5) is 10.7. The molecule has 0 saturated carbocycles. The first-order valence-electron chi connectivity index (χ1n) is 9.84. The van der Waals surface area contributed by atoms with E-state index >= 15 is 0 Å². The monoisotopic (exact) mass is 393 g/mol. The number of benzene rings is 4. The predicted molar refractivity (Wildman–Crippen MR) is 120 cm³/mol. The second-order valence-electron chi connectivity index (χ2n) is 7.36. The summed E-state index contributed by atoms with van der Waals surface area (Å²) in [7, 11) is 0. The number of hydrogen-bond donors (Lipinski definition) is 0. The standard InChI is InChI=1S/C25H19N3O2/c29-28(30)23-14-12-19(13-15-23)25-17-24(26-27(25)22-8-2-1-3-9-22)21-11-10-18-6-4-5-7-20(18)16-21/h1-16,25H,17H2. The van der Waals surface area contributed by atoms with Gasteiger partial charge in [0, 0.05) is 18.6 Å². The molecule has 0 fully saturated rings. The summed E-state index contributed by atoms with van der Waals surface area (Å²) < 4.78 is 0. The van der Waals surface area contributed by atoms with Gasteiger partial charge in [-0.2, -0.15) is 5.10 Å². The molecule has 0 spiro atoms. The number of fused-ring (bicyclic) bond motifs is 1. The molecule has 1 heterocycles. The fraction of sp³-hybridized carbons (Fsp3) is 0.0800. The zero-order valence-corrected chi connectivity index (χ0v) is 16.2. The van der Waals surface area contributed by atoms with Gasteiger partial charge < -0.3 is 0 Å². The minimum absolute atomic E-state index is 0.0188. The maximum absolute atomic E-state index is 11.0. The minimum atomic E-state index is -0.371. The highest BCUT2D eigenvalue weighted by Crippen LogP contribution is 2.37. The van der Waals surface area contributed by atoms with Gasteiger partial charge in [-0.25, -0.2) is 0 Å². The number of nitro benzene ring substituents is 1. The van der Waals surface area contributed by atoms with Gasteiger partial charge in [0.1, 0.15) is 0 Å². The van der Waals surface area contributed by atoms with Crippen LogP contribution in [-0.4, -0.2) is 10.6 Å². The lowest BCUT2D eigenvalue weighted by Gasteiger charge is -2.23. The second-order valence-corrected chi connectivity index (χ2v) is 7.36. The van der Waals surface area contributed by atoms with E-state index in [1.54, 1.807) is 12.1 Å². The molecule has 0 bridgehead atoms. The number of rotatable bonds is 4. The molecule has 5 rings (SSSR count). The molecule has 0 aliphatic carbocycles. The van der Waals surface area contributed by atoms with E-state index in [1.165, 1.54) is 10.8 Å². The van der Waals surface area contributed by atoms with Crippen LogP contribution in [0, 0.1) is 10.1 Å². The first-order valence-corrected chi connectivity index (χ1v) is 9.84. The Balaban J connectivity index is 1.55. The molecule has 4 aromatic rings. The molecule has 0 saturated heterocycles. The van der Waals surface area contributed by atoms with Crippen molar-refractivity contribution in [1.29, 1.82) is 0 Å². The van der Waals surface area contributed by atoms with Gasteiger partial charge in [0.25, 0.3) is 5.69 Å².